The molecule has 6 heteroatoms. The Kier molecular flexibility index (Phi) is 2.16. The number of hydrogen-bond acceptors (Lipinski definition) is 1. The van der Waals surface area contributed by atoms with Crippen LogP contribution in [0.1, 0.15) is 0 Å². The molecule has 1 nitrogen and oxygen atoms in total. The molecule has 0 fully saturated rings. The van der Waals surface area contributed by atoms with Crippen molar-refractivity contribution in [1.82, 2.24) is 0 Å². The SMILES string of the molecule is FOc1[c]c(F)c(F)c(F)c1F. The fraction of sp³-hybridized carbons (Fsp3) is 0. The van der Waals surface area contributed by atoms with Gasteiger partial charge in [-0.2, -0.15) is 4.39 Å². The molecule has 1 radical (unpaired) electrons. The number of benzene rings is 1. The summed E-state index contributed by atoms with van der Waals surface area (Å²) in [5.41, 5.74) is 0. The Morgan fingerprint density at radius 2 is 1.50 bits per heavy atom. The third-order valence-corrected chi connectivity index (χ3v) is 1.08. The predicted molar refractivity (Wildman–Crippen MR) is 26.8 cm³/mol. The van der Waals surface area contributed by atoms with Gasteiger partial charge in [-0.1, -0.05) is 0 Å². The summed E-state index contributed by atoms with van der Waals surface area (Å²) in [7, 11) is 0. The molecule has 0 aliphatic heterocycles. The minimum atomic E-state index is -2.14. The third kappa shape index (κ3) is 1.19. The molecule has 0 bridgehead atoms. The molecule has 1 aromatic rings. The first-order chi connectivity index (χ1) is 5.57. The van der Waals surface area contributed by atoms with Crippen molar-refractivity contribution in [2.75, 3.05) is 0 Å². The zero-order chi connectivity index (χ0) is 9.30. The second-order valence-electron chi connectivity index (χ2n) is 1.79. The van der Waals surface area contributed by atoms with Gasteiger partial charge in [-0.25, -0.2) is 13.2 Å². The monoisotopic (exact) mass is 183 g/mol. The van der Waals surface area contributed by atoms with Crippen LogP contribution in [0, 0.1) is 29.3 Å². The van der Waals surface area contributed by atoms with Gasteiger partial charge in [0.25, 0.3) is 0 Å². The van der Waals surface area contributed by atoms with E-state index in [9.17, 15) is 22.1 Å². The molecule has 1 aromatic carbocycles. The molecule has 0 saturated carbocycles. The van der Waals surface area contributed by atoms with Crippen LogP contribution >= 0.6 is 0 Å². The molecule has 12 heavy (non-hydrogen) atoms. The van der Waals surface area contributed by atoms with Crippen LogP contribution in [-0.2, 0) is 0 Å². The van der Waals surface area contributed by atoms with E-state index in [0.717, 1.165) is 0 Å². The summed E-state index contributed by atoms with van der Waals surface area (Å²) >= 11 is 0. The maximum atomic E-state index is 12.3. The molecule has 0 amide bonds. The Balaban J connectivity index is 3.39. The number of halogens is 5. The molecule has 0 aromatic heterocycles. The van der Waals surface area contributed by atoms with E-state index in [4.69, 9.17) is 0 Å². The largest absolute Gasteiger partial charge is 0.290 e. The predicted octanol–water partition coefficient (Wildman–Crippen LogP) is 2.31. The lowest BCUT2D eigenvalue weighted by atomic mass is 10.3. The van der Waals surface area contributed by atoms with Gasteiger partial charge in [0.1, 0.15) is 0 Å². The van der Waals surface area contributed by atoms with E-state index < -0.39 is 29.0 Å². The van der Waals surface area contributed by atoms with E-state index in [-0.39, 0.29) is 0 Å². The standard InChI is InChI=1S/C6F5O/c7-2-1-3(12-11)5(9)6(10)4(2)8. The highest BCUT2D eigenvalue weighted by atomic mass is 19.3. The molecule has 0 N–H and O–H groups in total. The highest BCUT2D eigenvalue weighted by molar-refractivity contribution is 5.25. The van der Waals surface area contributed by atoms with Crippen molar-refractivity contribution >= 4 is 0 Å². The van der Waals surface area contributed by atoms with Crippen molar-refractivity contribution in [1.29, 1.82) is 0 Å². The molecule has 65 valence electrons. The molecule has 0 unspecified atom stereocenters. The first-order valence-corrected chi connectivity index (χ1v) is 2.61. The summed E-state index contributed by atoms with van der Waals surface area (Å²) in [5, 5.41) is 0. The fourth-order valence-electron chi connectivity index (χ4n) is 0.555. The van der Waals surface area contributed by atoms with E-state index in [1.807, 2.05) is 0 Å². The maximum Gasteiger partial charge on any atom is 0.221 e. The molecule has 0 aliphatic carbocycles. The van der Waals surface area contributed by atoms with Crippen molar-refractivity contribution in [3.63, 3.8) is 0 Å². The summed E-state index contributed by atoms with van der Waals surface area (Å²) in [6.45, 7) is 0. The fourth-order valence-corrected chi connectivity index (χ4v) is 0.555. The topological polar surface area (TPSA) is 9.23 Å². The Bertz CT molecular complexity index is 311. The normalized spacial score (nSPS) is 10.1. The number of hydrogen-bond donors (Lipinski definition) is 0. The van der Waals surface area contributed by atoms with Crippen molar-refractivity contribution in [3.8, 4) is 5.75 Å². The summed E-state index contributed by atoms with van der Waals surface area (Å²) in [4.78, 5) is 2.68. The summed E-state index contributed by atoms with van der Waals surface area (Å²) in [6, 6.07) is 1.18. The van der Waals surface area contributed by atoms with E-state index >= 15 is 0 Å². The smallest absolute Gasteiger partial charge is 0.221 e. The van der Waals surface area contributed by atoms with Crippen LogP contribution < -0.4 is 4.94 Å². The van der Waals surface area contributed by atoms with Gasteiger partial charge in [-0.15, -0.1) is 0 Å². The lowest BCUT2D eigenvalue weighted by Crippen LogP contribution is -1.97. The summed E-state index contributed by atoms with van der Waals surface area (Å²) < 4.78 is 59.9. The van der Waals surface area contributed by atoms with Crippen molar-refractivity contribution in [3.05, 3.63) is 29.3 Å². The molecule has 1 rings (SSSR count). The summed E-state index contributed by atoms with van der Waals surface area (Å²) in [5.74, 6) is -9.46. The number of rotatable bonds is 1. The van der Waals surface area contributed by atoms with Gasteiger partial charge in [-0.05, 0) is 0 Å². The van der Waals surface area contributed by atoms with Crippen molar-refractivity contribution in [2.45, 2.75) is 0 Å². The van der Waals surface area contributed by atoms with Gasteiger partial charge < -0.3 is 0 Å². The van der Waals surface area contributed by atoms with Crippen LogP contribution in [0.2, 0.25) is 0 Å². The average molecular weight is 183 g/mol. The molecule has 0 saturated heterocycles. The van der Waals surface area contributed by atoms with E-state index in [1.165, 1.54) is 6.07 Å². The third-order valence-electron chi connectivity index (χ3n) is 1.08. The van der Waals surface area contributed by atoms with Crippen LogP contribution in [0.5, 0.6) is 5.75 Å². The van der Waals surface area contributed by atoms with Crippen LogP contribution in [0.3, 0.4) is 0 Å². The molecular weight excluding hydrogens is 183 g/mol. The van der Waals surface area contributed by atoms with Crippen LogP contribution in [0.15, 0.2) is 0 Å². The van der Waals surface area contributed by atoms with E-state index in [1.54, 1.807) is 0 Å². The molecule has 0 spiro atoms. The van der Waals surface area contributed by atoms with Crippen LogP contribution in [-0.4, -0.2) is 0 Å². The van der Waals surface area contributed by atoms with E-state index in [0.29, 0.717) is 0 Å². The molecule has 0 atom stereocenters. The first kappa shape index (κ1) is 8.76. The zero-order valence-electron chi connectivity index (χ0n) is 5.30. The van der Waals surface area contributed by atoms with Gasteiger partial charge >= 0.3 is 0 Å². The Labute approximate surface area is 63.3 Å². The van der Waals surface area contributed by atoms with Crippen molar-refractivity contribution in [2.24, 2.45) is 0 Å². The van der Waals surface area contributed by atoms with Crippen molar-refractivity contribution < 1.29 is 27.0 Å². The highest BCUT2D eigenvalue weighted by Crippen LogP contribution is 2.23. The van der Waals surface area contributed by atoms with Gasteiger partial charge in [0.05, 0.1) is 6.07 Å². The maximum absolute atomic E-state index is 12.3. The van der Waals surface area contributed by atoms with Crippen LogP contribution in [0.4, 0.5) is 22.1 Å². The quantitative estimate of drug-likeness (QED) is 0.368. The zero-order valence-corrected chi connectivity index (χ0v) is 5.30. The van der Waals surface area contributed by atoms with Gasteiger partial charge in [0.2, 0.25) is 17.4 Å². The van der Waals surface area contributed by atoms with Gasteiger partial charge in [0.15, 0.2) is 11.6 Å². The van der Waals surface area contributed by atoms with Crippen LogP contribution in [0.25, 0.3) is 0 Å². The Morgan fingerprint density at radius 1 is 0.917 bits per heavy atom. The van der Waals surface area contributed by atoms with Gasteiger partial charge in [-0.3, -0.25) is 4.94 Å². The van der Waals surface area contributed by atoms with E-state index in [2.05, 4.69) is 4.94 Å². The molecule has 0 aliphatic rings. The van der Waals surface area contributed by atoms with Gasteiger partial charge in [0, 0.05) is 4.53 Å². The molecule has 0 heterocycles. The molecular formula is C6F5O. The summed E-state index contributed by atoms with van der Waals surface area (Å²) in [6.07, 6.45) is 0. The minimum absolute atomic E-state index is 1.18. The average Bonchev–Trinajstić information content (AvgIpc) is 2.08. The first-order valence-electron chi connectivity index (χ1n) is 2.61. The second kappa shape index (κ2) is 2.96. The highest BCUT2D eigenvalue weighted by Gasteiger charge is 2.20. The lowest BCUT2D eigenvalue weighted by Gasteiger charge is -1.98. The Hall–Kier alpha value is -1.33. The minimum Gasteiger partial charge on any atom is -0.290 e. The lowest BCUT2D eigenvalue weighted by molar-refractivity contribution is -0.0125. The Morgan fingerprint density at radius 3 is 2.00 bits per heavy atom. The second-order valence-corrected chi connectivity index (χ2v) is 1.79.